The monoisotopic (exact) mass is 274 g/mol. The smallest absolute Gasteiger partial charge is 0.351 e. The Morgan fingerprint density at radius 2 is 2.00 bits per heavy atom. The average molecular weight is 274 g/mol. The van der Waals surface area contributed by atoms with Crippen molar-refractivity contribution in [2.24, 2.45) is 5.14 Å². The molecule has 1 aliphatic heterocycles. The number of nitrogens with one attached hydrogen (secondary N) is 1. The predicted octanol–water partition coefficient (Wildman–Crippen LogP) is -2.86. The highest BCUT2D eigenvalue weighted by molar-refractivity contribution is 7.89. The van der Waals surface area contributed by atoms with Crippen LogP contribution in [0, 0.1) is 0 Å². The lowest BCUT2D eigenvalue weighted by Gasteiger charge is -2.13. The van der Waals surface area contributed by atoms with E-state index in [1.54, 1.807) is 0 Å². The number of aromatic amines is 1. The first-order valence-corrected chi connectivity index (χ1v) is 6.44. The van der Waals surface area contributed by atoms with Crippen molar-refractivity contribution in [3.8, 4) is 0 Å². The van der Waals surface area contributed by atoms with Crippen LogP contribution in [0.3, 0.4) is 0 Å². The molecule has 11 heteroatoms. The first-order valence-electron chi connectivity index (χ1n) is 4.83. The topological polar surface area (TPSA) is 165 Å². The zero-order valence-electron chi connectivity index (χ0n) is 9.03. The third-order valence-corrected chi connectivity index (χ3v) is 3.70. The molecule has 1 aliphatic rings. The highest BCUT2D eigenvalue weighted by Gasteiger charge is 2.38. The van der Waals surface area contributed by atoms with E-state index in [4.69, 9.17) is 10.9 Å². The molecule has 1 saturated heterocycles. The summed E-state index contributed by atoms with van der Waals surface area (Å²) < 4.78 is 22.3. The number of nitrogens with zero attached hydrogens (tertiary/aromatic N) is 3. The molecule has 2 heterocycles. The molecule has 0 aliphatic carbocycles. The number of aromatic nitrogens is 3. The van der Waals surface area contributed by atoms with Gasteiger partial charge in [-0.1, -0.05) is 0 Å². The number of amides is 1. The molecule has 10 nitrogen and oxygen atoms in total. The number of primary sulfonamides is 1. The second-order valence-corrected chi connectivity index (χ2v) is 5.60. The Bertz CT molecular complexity index is 652. The fourth-order valence-electron chi connectivity index (χ4n) is 1.60. The Hall–Kier alpha value is -2.01. The minimum atomic E-state index is -3.83. The van der Waals surface area contributed by atoms with Crippen LogP contribution in [-0.2, 0) is 14.8 Å². The Morgan fingerprint density at radius 3 is 2.50 bits per heavy atom. The summed E-state index contributed by atoms with van der Waals surface area (Å²) in [7, 11) is -3.83. The Balaban J connectivity index is 2.35. The van der Waals surface area contributed by atoms with Gasteiger partial charge >= 0.3 is 5.69 Å². The van der Waals surface area contributed by atoms with Gasteiger partial charge in [0.05, 0.1) is 0 Å². The first-order chi connectivity index (χ1) is 8.27. The molecule has 1 fully saturated rings. The summed E-state index contributed by atoms with van der Waals surface area (Å²) in [5.74, 6) is -0.969. The second-order valence-electron chi connectivity index (χ2n) is 3.76. The molecular weight excluding hydrogens is 264 g/mol. The van der Waals surface area contributed by atoms with E-state index in [0.29, 0.717) is 0 Å². The number of carbonyl (C=O) groups excluding carboxylic acids is 1. The van der Waals surface area contributed by atoms with Crippen molar-refractivity contribution < 1.29 is 13.2 Å². The molecule has 0 bridgehead atoms. The van der Waals surface area contributed by atoms with Gasteiger partial charge in [0.25, 0.3) is 0 Å². The standard InChI is InChI=1S/C7H10N6O4S/c8-5-10-6(12-7(15)11-5)13-2-3(1-4(13)14)18(9,16)17/h3H,1-2H2,(H2,9,16,17)(H3,8,10,11,12,15). The van der Waals surface area contributed by atoms with Gasteiger partial charge in [0.1, 0.15) is 5.25 Å². The molecular formula is C7H10N6O4S. The average Bonchev–Trinajstić information content (AvgIpc) is 2.58. The third-order valence-electron chi connectivity index (χ3n) is 2.45. The minimum Gasteiger partial charge on any atom is -0.369 e. The Morgan fingerprint density at radius 1 is 1.33 bits per heavy atom. The number of carbonyl (C=O) groups is 1. The maximum atomic E-state index is 11.6. The summed E-state index contributed by atoms with van der Waals surface area (Å²) in [4.78, 5) is 32.9. The lowest BCUT2D eigenvalue weighted by atomic mass is 10.4. The van der Waals surface area contributed by atoms with Crippen molar-refractivity contribution in [1.82, 2.24) is 15.0 Å². The molecule has 0 spiro atoms. The van der Waals surface area contributed by atoms with Crippen LogP contribution in [0.15, 0.2) is 4.79 Å². The van der Waals surface area contributed by atoms with E-state index in [0.717, 1.165) is 4.90 Å². The molecule has 98 valence electrons. The molecule has 0 radical (unpaired) electrons. The number of anilines is 2. The summed E-state index contributed by atoms with van der Waals surface area (Å²) in [6.07, 6.45) is -0.269. The summed E-state index contributed by atoms with van der Waals surface area (Å²) in [5, 5.41) is 3.93. The van der Waals surface area contributed by atoms with Crippen LogP contribution in [0.5, 0.6) is 0 Å². The van der Waals surface area contributed by atoms with E-state index in [2.05, 4.69) is 15.0 Å². The van der Waals surface area contributed by atoms with E-state index in [1.165, 1.54) is 0 Å². The number of hydrogen-bond acceptors (Lipinski definition) is 7. The second kappa shape index (κ2) is 4.03. The lowest BCUT2D eigenvalue weighted by Crippen LogP contribution is -2.34. The van der Waals surface area contributed by atoms with Crippen molar-refractivity contribution in [3.05, 3.63) is 10.5 Å². The predicted molar refractivity (Wildman–Crippen MR) is 60.9 cm³/mol. The minimum absolute atomic E-state index is 0.194. The molecule has 5 N–H and O–H groups in total. The maximum absolute atomic E-state index is 11.6. The highest BCUT2D eigenvalue weighted by Crippen LogP contribution is 2.20. The normalized spacial score (nSPS) is 20.4. The zero-order chi connectivity index (χ0) is 13.5. The summed E-state index contributed by atoms with van der Waals surface area (Å²) >= 11 is 0. The number of H-pyrrole nitrogens is 1. The molecule has 18 heavy (non-hydrogen) atoms. The Labute approximate surface area is 101 Å². The van der Waals surface area contributed by atoms with Crippen LogP contribution in [0.1, 0.15) is 6.42 Å². The van der Waals surface area contributed by atoms with Gasteiger partial charge in [-0.2, -0.15) is 9.97 Å². The van der Waals surface area contributed by atoms with Crippen molar-refractivity contribution in [2.75, 3.05) is 17.2 Å². The number of nitrogens with two attached hydrogens (primary N) is 2. The number of nitrogen functional groups attached to an aromatic ring is 1. The lowest BCUT2D eigenvalue weighted by molar-refractivity contribution is -0.117. The van der Waals surface area contributed by atoms with E-state index in [-0.39, 0.29) is 24.9 Å². The van der Waals surface area contributed by atoms with Gasteiger partial charge in [-0.05, 0) is 0 Å². The largest absolute Gasteiger partial charge is 0.369 e. The van der Waals surface area contributed by atoms with Gasteiger partial charge in [0.15, 0.2) is 0 Å². The van der Waals surface area contributed by atoms with Gasteiger partial charge in [0, 0.05) is 13.0 Å². The van der Waals surface area contributed by atoms with Gasteiger partial charge in [-0.15, -0.1) is 0 Å². The van der Waals surface area contributed by atoms with Gasteiger partial charge in [-0.3, -0.25) is 14.7 Å². The first kappa shape index (κ1) is 12.4. The number of rotatable bonds is 2. The van der Waals surface area contributed by atoms with E-state index in [9.17, 15) is 18.0 Å². The van der Waals surface area contributed by atoms with E-state index in [1.807, 2.05) is 0 Å². The van der Waals surface area contributed by atoms with Crippen LogP contribution in [0.4, 0.5) is 11.9 Å². The molecule has 1 aromatic rings. The van der Waals surface area contributed by atoms with Crippen molar-refractivity contribution in [2.45, 2.75) is 11.7 Å². The van der Waals surface area contributed by atoms with Gasteiger partial charge in [-0.25, -0.2) is 18.4 Å². The van der Waals surface area contributed by atoms with Crippen molar-refractivity contribution in [3.63, 3.8) is 0 Å². The van der Waals surface area contributed by atoms with Crippen LogP contribution < -0.4 is 21.5 Å². The quantitative estimate of drug-likeness (QED) is 0.521. The van der Waals surface area contributed by atoms with Crippen LogP contribution in [0.2, 0.25) is 0 Å². The number of hydrogen-bond donors (Lipinski definition) is 3. The van der Waals surface area contributed by atoms with Gasteiger partial charge < -0.3 is 5.73 Å². The molecule has 0 aromatic carbocycles. The summed E-state index contributed by atoms with van der Waals surface area (Å²) in [6, 6.07) is 0. The van der Waals surface area contributed by atoms with Crippen molar-refractivity contribution >= 4 is 27.8 Å². The molecule has 1 unspecified atom stereocenters. The number of sulfonamides is 1. The summed E-state index contributed by atoms with van der Waals surface area (Å²) in [6.45, 7) is -0.194. The van der Waals surface area contributed by atoms with Crippen LogP contribution in [-0.4, -0.2) is 41.1 Å². The third kappa shape index (κ3) is 2.31. The molecule has 1 aromatic heterocycles. The van der Waals surface area contributed by atoms with Crippen LogP contribution in [0.25, 0.3) is 0 Å². The maximum Gasteiger partial charge on any atom is 0.351 e. The zero-order valence-corrected chi connectivity index (χ0v) is 9.85. The SMILES string of the molecule is Nc1nc(N2CC(S(N)(=O)=O)CC2=O)nc(=O)[nH]1. The Kier molecular flexibility index (Phi) is 2.78. The van der Waals surface area contributed by atoms with Crippen molar-refractivity contribution in [1.29, 1.82) is 0 Å². The van der Waals surface area contributed by atoms with Crippen LogP contribution >= 0.6 is 0 Å². The van der Waals surface area contributed by atoms with Gasteiger partial charge in [0.2, 0.25) is 27.8 Å². The highest BCUT2D eigenvalue weighted by atomic mass is 32.2. The molecule has 1 amide bonds. The fraction of sp³-hybridized carbons (Fsp3) is 0.429. The molecule has 0 saturated carbocycles. The van der Waals surface area contributed by atoms with E-state index < -0.39 is 26.9 Å². The van der Waals surface area contributed by atoms with E-state index >= 15 is 0 Å². The summed E-state index contributed by atoms with van der Waals surface area (Å²) in [5.41, 5.74) is 4.53. The molecule has 2 rings (SSSR count). The molecule has 1 atom stereocenters. The fourth-order valence-corrected chi connectivity index (χ4v) is 2.33.